The van der Waals surface area contributed by atoms with E-state index >= 15 is 0 Å². The lowest BCUT2D eigenvalue weighted by Crippen LogP contribution is -2.32. The highest BCUT2D eigenvalue weighted by Crippen LogP contribution is 2.32. The minimum atomic E-state index is -0.204. The van der Waals surface area contributed by atoms with Gasteiger partial charge in [-0.3, -0.25) is 9.59 Å². The molecule has 26 heavy (non-hydrogen) atoms. The zero-order valence-electron chi connectivity index (χ0n) is 14.4. The third-order valence-electron chi connectivity index (χ3n) is 4.81. The van der Waals surface area contributed by atoms with E-state index in [9.17, 15) is 9.59 Å². The molecule has 4 nitrogen and oxygen atoms in total. The maximum Gasteiger partial charge on any atom is 0.283 e. The van der Waals surface area contributed by atoms with Crippen LogP contribution in [0.4, 0.5) is 0 Å². The fraction of sp³-hybridized carbons (Fsp3) is 0.286. The average molecular weight is 364 g/mol. The van der Waals surface area contributed by atoms with Crippen molar-refractivity contribution in [1.82, 2.24) is 5.32 Å². The molecular weight excluding hydrogens is 344 g/mol. The first kappa shape index (κ1) is 17.0. The molecular formula is C21H20N2O2S. The van der Waals surface area contributed by atoms with Crippen molar-refractivity contribution in [3.8, 4) is 0 Å². The number of carbonyl (C=O) groups excluding carboxylic acids is 2. The van der Waals surface area contributed by atoms with Crippen LogP contribution in [0.5, 0.6) is 0 Å². The van der Waals surface area contributed by atoms with Crippen molar-refractivity contribution >= 4 is 35.4 Å². The zero-order chi connectivity index (χ0) is 17.9. The van der Waals surface area contributed by atoms with E-state index in [0.29, 0.717) is 16.5 Å². The maximum atomic E-state index is 12.3. The average Bonchev–Trinajstić information content (AvgIpc) is 3.16. The van der Waals surface area contributed by atoms with Crippen LogP contribution in [0.3, 0.4) is 0 Å². The van der Waals surface area contributed by atoms with Crippen molar-refractivity contribution in [3.05, 3.63) is 64.6 Å². The summed E-state index contributed by atoms with van der Waals surface area (Å²) in [5, 5.41) is 3.19. The first-order valence-electron chi connectivity index (χ1n) is 8.96. The van der Waals surface area contributed by atoms with Gasteiger partial charge in [0.2, 0.25) is 0 Å². The Kier molecular flexibility index (Phi) is 4.89. The number of aliphatic imine (C=N–C) groups is 1. The molecule has 0 radical (unpaired) electrons. The van der Waals surface area contributed by atoms with E-state index in [-0.39, 0.29) is 17.1 Å². The largest absolute Gasteiger partial charge is 0.349 e. The van der Waals surface area contributed by atoms with Gasteiger partial charge >= 0.3 is 0 Å². The molecule has 1 aliphatic heterocycles. The van der Waals surface area contributed by atoms with Crippen molar-refractivity contribution in [1.29, 1.82) is 0 Å². The van der Waals surface area contributed by atoms with Gasteiger partial charge in [-0.1, -0.05) is 43.2 Å². The van der Waals surface area contributed by atoms with E-state index in [1.165, 1.54) is 24.6 Å². The highest BCUT2D eigenvalue weighted by atomic mass is 32.2. The third kappa shape index (κ3) is 3.73. The first-order chi connectivity index (χ1) is 12.7. The summed E-state index contributed by atoms with van der Waals surface area (Å²) in [4.78, 5) is 29.3. The molecule has 1 atom stereocenters. The number of rotatable bonds is 3. The van der Waals surface area contributed by atoms with Crippen LogP contribution in [-0.4, -0.2) is 28.8 Å². The number of nitrogens with one attached hydrogen (secondary N) is 1. The lowest BCUT2D eigenvalue weighted by molar-refractivity contribution is -0.113. The molecule has 1 saturated carbocycles. The Morgan fingerprint density at radius 3 is 2.69 bits per heavy atom. The summed E-state index contributed by atoms with van der Waals surface area (Å²) >= 11 is 1.51. The number of carbonyl (C=O) groups is 2. The summed E-state index contributed by atoms with van der Waals surface area (Å²) in [5.41, 5.74) is 2.35. The Labute approximate surface area is 157 Å². The van der Waals surface area contributed by atoms with Crippen LogP contribution in [0, 0.1) is 0 Å². The molecule has 132 valence electrons. The number of benzene rings is 1. The lowest BCUT2D eigenvalue weighted by atomic mass is 10.1. The third-order valence-corrected chi connectivity index (χ3v) is 6.01. The van der Waals surface area contributed by atoms with Crippen LogP contribution in [0.1, 0.15) is 41.6 Å². The van der Waals surface area contributed by atoms with E-state index in [0.717, 1.165) is 24.1 Å². The first-order valence-corrected chi connectivity index (χ1v) is 9.84. The highest BCUT2D eigenvalue weighted by Gasteiger charge is 2.25. The number of nitrogens with zero attached hydrogens (tertiary/aromatic N) is 1. The standard InChI is InChI=1S/C21H20N2O2S/c24-20(22-16-5-1-2-6-16)15-11-9-14(10-12-15)13-19-21(25)23-17-7-3-4-8-18(17)26-19/h3-4,7-13,16,18H,1-2,5-6H2,(H,22,24)/b19-13+. The maximum absolute atomic E-state index is 12.3. The van der Waals surface area contributed by atoms with Gasteiger partial charge in [0.25, 0.3) is 11.8 Å². The van der Waals surface area contributed by atoms with Gasteiger partial charge in [0.15, 0.2) is 0 Å². The number of hydrogen-bond acceptors (Lipinski definition) is 3. The fourth-order valence-corrected chi connectivity index (χ4v) is 4.43. The SMILES string of the molecule is O=C1N=C2C=CC=CC2S/C1=C/c1ccc(C(=O)NC2CCCC2)cc1. The number of amides is 2. The van der Waals surface area contributed by atoms with Crippen molar-refractivity contribution in [2.45, 2.75) is 37.0 Å². The molecule has 1 heterocycles. The van der Waals surface area contributed by atoms with Crippen LogP contribution in [0.25, 0.3) is 6.08 Å². The molecule has 2 aliphatic carbocycles. The fourth-order valence-electron chi connectivity index (χ4n) is 3.39. The van der Waals surface area contributed by atoms with Gasteiger partial charge in [-0.2, -0.15) is 0 Å². The van der Waals surface area contributed by atoms with Gasteiger partial charge < -0.3 is 5.32 Å². The molecule has 1 unspecified atom stereocenters. The van der Waals surface area contributed by atoms with Crippen LogP contribution in [0.2, 0.25) is 0 Å². The van der Waals surface area contributed by atoms with Crippen LogP contribution >= 0.6 is 11.8 Å². The molecule has 5 heteroatoms. The topological polar surface area (TPSA) is 58.5 Å². The smallest absolute Gasteiger partial charge is 0.283 e. The van der Waals surface area contributed by atoms with Crippen molar-refractivity contribution < 1.29 is 9.59 Å². The molecule has 0 aromatic heterocycles. The quantitative estimate of drug-likeness (QED) is 0.828. The summed E-state index contributed by atoms with van der Waals surface area (Å²) < 4.78 is 0. The molecule has 0 bridgehead atoms. The number of thioether (sulfide) groups is 1. The van der Waals surface area contributed by atoms with Gasteiger partial charge in [-0.15, -0.1) is 11.8 Å². The number of fused-ring (bicyclic) bond motifs is 1. The minimum absolute atomic E-state index is 0.0207. The Morgan fingerprint density at radius 2 is 1.92 bits per heavy atom. The summed E-state index contributed by atoms with van der Waals surface area (Å²) in [7, 11) is 0. The van der Waals surface area contributed by atoms with Gasteiger partial charge in [0.1, 0.15) is 0 Å². The second-order valence-corrected chi connectivity index (χ2v) is 7.89. The molecule has 1 aromatic rings. The predicted octanol–water partition coefficient (Wildman–Crippen LogP) is 3.91. The van der Waals surface area contributed by atoms with E-state index in [1.54, 1.807) is 0 Å². The lowest BCUT2D eigenvalue weighted by Gasteiger charge is -2.20. The van der Waals surface area contributed by atoms with Gasteiger partial charge in [0.05, 0.1) is 15.9 Å². The molecule has 0 spiro atoms. The Bertz CT molecular complexity index is 843. The summed E-state index contributed by atoms with van der Waals surface area (Å²) in [6, 6.07) is 7.69. The minimum Gasteiger partial charge on any atom is -0.349 e. The van der Waals surface area contributed by atoms with E-state index < -0.39 is 0 Å². The van der Waals surface area contributed by atoms with E-state index in [2.05, 4.69) is 10.3 Å². The van der Waals surface area contributed by atoms with Crippen LogP contribution < -0.4 is 5.32 Å². The Hall–Kier alpha value is -2.40. The number of allylic oxidation sites excluding steroid dienone is 3. The molecule has 1 N–H and O–H groups in total. The molecule has 1 aromatic carbocycles. The van der Waals surface area contributed by atoms with Crippen molar-refractivity contribution in [2.75, 3.05) is 0 Å². The van der Waals surface area contributed by atoms with Crippen LogP contribution in [-0.2, 0) is 4.79 Å². The summed E-state index contributed by atoms with van der Waals surface area (Å²) in [6.07, 6.45) is 14.2. The van der Waals surface area contributed by atoms with Crippen molar-refractivity contribution in [3.63, 3.8) is 0 Å². The normalized spacial score (nSPS) is 23.8. The molecule has 1 fully saturated rings. The monoisotopic (exact) mass is 364 g/mol. The van der Waals surface area contributed by atoms with E-state index in [1.807, 2.05) is 54.6 Å². The van der Waals surface area contributed by atoms with E-state index in [4.69, 9.17) is 0 Å². The summed E-state index contributed by atoms with van der Waals surface area (Å²) in [6.45, 7) is 0. The highest BCUT2D eigenvalue weighted by molar-refractivity contribution is 8.05. The van der Waals surface area contributed by atoms with Crippen LogP contribution in [0.15, 0.2) is 58.5 Å². The Morgan fingerprint density at radius 1 is 1.15 bits per heavy atom. The summed E-state index contributed by atoms with van der Waals surface area (Å²) in [5.74, 6) is -0.225. The van der Waals surface area contributed by atoms with Gasteiger partial charge in [-0.05, 0) is 42.7 Å². The van der Waals surface area contributed by atoms with Gasteiger partial charge in [-0.25, -0.2) is 4.99 Å². The molecule has 0 saturated heterocycles. The van der Waals surface area contributed by atoms with Gasteiger partial charge in [0, 0.05) is 11.6 Å². The number of hydrogen-bond donors (Lipinski definition) is 1. The molecule has 3 aliphatic rings. The Balaban J connectivity index is 1.47. The zero-order valence-corrected chi connectivity index (χ0v) is 15.2. The predicted molar refractivity (Wildman–Crippen MR) is 106 cm³/mol. The van der Waals surface area contributed by atoms with Crippen molar-refractivity contribution in [2.24, 2.45) is 4.99 Å². The second-order valence-electron chi connectivity index (χ2n) is 6.71. The second kappa shape index (κ2) is 7.46. The molecule has 4 rings (SSSR count). The molecule has 2 amide bonds.